The van der Waals surface area contributed by atoms with Crippen LogP contribution in [-0.2, 0) is 54.3 Å². The van der Waals surface area contributed by atoms with Crippen molar-refractivity contribution in [1.29, 1.82) is 0 Å². The van der Waals surface area contributed by atoms with E-state index in [1.807, 2.05) is 84.9 Å². The Bertz CT molecular complexity index is 3900. The lowest BCUT2D eigenvalue weighted by atomic mass is 9.64. The highest BCUT2D eigenvalue weighted by atomic mass is 16.5. The summed E-state index contributed by atoms with van der Waals surface area (Å²) in [5, 5.41) is 0. The van der Waals surface area contributed by atoms with Gasteiger partial charge in [0.05, 0.1) is 72.2 Å². The first kappa shape index (κ1) is 69.4. The summed E-state index contributed by atoms with van der Waals surface area (Å²) in [7, 11) is 0. The Morgan fingerprint density at radius 2 is 0.752 bits per heavy atom. The number of unbranched alkanes of at least 4 members (excludes halogenated alkanes) is 2. The molecule has 8 amide bonds. The second-order valence-electron chi connectivity index (χ2n) is 31.1. The van der Waals surface area contributed by atoms with Crippen LogP contribution in [0.25, 0.3) is 0 Å². The molecule has 0 N–H and O–H groups in total. The molecule has 6 aromatic rings. The topological polar surface area (TPSA) is 168 Å². The minimum atomic E-state index is -1.36. The van der Waals surface area contributed by atoms with Gasteiger partial charge in [-0.2, -0.15) is 0 Å². The van der Waals surface area contributed by atoms with Crippen LogP contribution in [-0.4, -0.2) is 93.6 Å². The maximum absolute atomic E-state index is 15.1. The molecular weight excluding hydrogens is 1260 g/mol. The van der Waals surface area contributed by atoms with Crippen LogP contribution in [0.15, 0.2) is 194 Å². The van der Waals surface area contributed by atoms with Crippen molar-refractivity contribution in [3.63, 3.8) is 0 Å². The van der Waals surface area contributed by atoms with Gasteiger partial charge in [0.1, 0.15) is 11.2 Å². The molecular formula is C87H96N4O10. The van der Waals surface area contributed by atoms with E-state index in [0.29, 0.717) is 29.6 Å². The zero-order valence-corrected chi connectivity index (χ0v) is 59.3. The molecule has 524 valence electrons. The van der Waals surface area contributed by atoms with Gasteiger partial charge >= 0.3 is 0 Å². The lowest BCUT2D eigenvalue weighted by molar-refractivity contribution is -0.147. The highest BCUT2D eigenvalue weighted by Crippen LogP contribution is 2.58. The van der Waals surface area contributed by atoms with Crippen molar-refractivity contribution < 1.29 is 47.8 Å². The Morgan fingerprint density at radius 3 is 1.09 bits per heavy atom. The number of imide groups is 4. The monoisotopic (exact) mass is 1360 g/mol. The highest BCUT2D eigenvalue weighted by molar-refractivity contribution is 6.24. The summed E-state index contributed by atoms with van der Waals surface area (Å²) in [6.07, 6.45) is 16.9. The number of fused-ring (bicyclic) bond motifs is 10. The van der Waals surface area contributed by atoms with Gasteiger partial charge in [-0.1, -0.05) is 237 Å². The van der Waals surface area contributed by atoms with Crippen molar-refractivity contribution in [3.8, 4) is 0 Å². The molecule has 0 radical (unpaired) electrons. The van der Waals surface area contributed by atoms with E-state index in [0.717, 1.165) is 88.2 Å². The maximum Gasteiger partial charge on any atom is 0.241 e. The second kappa shape index (κ2) is 28.3. The molecule has 14 heteroatoms. The number of rotatable bonds is 30. The van der Waals surface area contributed by atoms with Crippen LogP contribution < -0.4 is 9.80 Å². The fourth-order valence-electron chi connectivity index (χ4n) is 19.5. The molecule has 8 aliphatic rings. The van der Waals surface area contributed by atoms with Crippen LogP contribution in [0.5, 0.6) is 0 Å². The largest absolute Gasteiger partial charge is 0.360 e. The number of hydrogen-bond donors (Lipinski definition) is 0. The standard InChI is InChI=1S/C87H96N4O10/c1-7-84(52-58(5)64-31-17-11-18-32-64,45-23-21-25-56(3)62-27-13-9-14-28-62)68-50-72(92)88(78(68)94)54-86-47-43-70(100-86)74-76(86)82(98)90(80(74)96)66-39-35-60(36-40-66)49-61-37-41-67(42-38-61)91-81(97)75-71-44-48-87(101-71,77(75)83(91)99)55-89-73(93)51-69(79(89)95)85(8-2,53-59(6)65-33-19-12-20-34-65)46-24-22-26-57(4)63-29-15-10-16-30-63/h9-20,27-44,47-48,56-59,68-71,74-77H,7-8,21-26,45-46,49-55H2,1-6H3. The predicted molar refractivity (Wildman–Crippen MR) is 389 cm³/mol. The summed E-state index contributed by atoms with van der Waals surface area (Å²) in [6.45, 7) is 13.0. The molecule has 16 atom stereocenters. The molecule has 0 aromatic heterocycles. The molecule has 0 aliphatic carbocycles. The van der Waals surface area contributed by atoms with Crippen molar-refractivity contribution in [1.82, 2.24) is 9.80 Å². The molecule has 6 saturated heterocycles. The number of anilines is 2. The summed E-state index contributed by atoms with van der Waals surface area (Å²) >= 11 is 0. The smallest absolute Gasteiger partial charge is 0.241 e. The van der Waals surface area contributed by atoms with E-state index in [-0.39, 0.29) is 73.2 Å². The zero-order valence-electron chi connectivity index (χ0n) is 59.3. The van der Waals surface area contributed by atoms with Crippen LogP contribution in [0.2, 0.25) is 0 Å². The summed E-state index contributed by atoms with van der Waals surface area (Å²) in [5.41, 5.74) is 3.98. The minimum absolute atomic E-state index is 0.0809. The van der Waals surface area contributed by atoms with E-state index in [1.54, 1.807) is 36.4 Å². The number of nitrogens with zero attached hydrogens (tertiary/aromatic N) is 4. The van der Waals surface area contributed by atoms with Crippen molar-refractivity contribution in [2.75, 3.05) is 22.9 Å². The summed E-state index contributed by atoms with van der Waals surface area (Å²) in [4.78, 5) is 123. The van der Waals surface area contributed by atoms with Crippen molar-refractivity contribution in [2.24, 2.45) is 46.3 Å². The third kappa shape index (κ3) is 12.7. The molecule has 0 saturated carbocycles. The van der Waals surface area contributed by atoms with Crippen molar-refractivity contribution >= 4 is 58.6 Å². The van der Waals surface area contributed by atoms with Gasteiger partial charge in [0, 0.05) is 12.8 Å². The number of ether oxygens (including phenoxy) is 2. The van der Waals surface area contributed by atoms with Gasteiger partial charge in [-0.15, -0.1) is 0 Å². The summed E-state index contributed by atoms with van der Waals surface area (Å²) in [6, 6.07) is 56.4. The van der Waals surface area contributed by atoms with E-state index in [2.05, 4.69) is 114 Å². The second-order valence-corrected chi connectivity index (χ2v) is 31.1. The van der Waals surface area contributed by atoms with Gasteiger partial charge in [0.15, 0.2) is 0 Å². The number of carbonyl (C=O) groups is 8. The van der Waals surface area contributed by atoms with Gasteiger partial charge in [0.2, 0.25) is 47.3 Å². The maximum atomic E-state index is 15.1. The van der Waals surface area contributed by atoms with Crippen LogP contribution in [0.4, 0.5) is 11.4 Å². The number of benzene rings is 6. The average molecular weight is 1360 g/mol. The van der Waals surface area contributed by atoms with Gasteiger partial charge < -0.3 is 9.47 Å². The quantitative estimate of drug-likeness (QED) is 0.0240. The number of likely N-dealkylation sites (tertiary alicyclic amines) is 2. The van der Waals surface area contributed by atoms with Crippen LogP contribution >= 0.6 is 0 Å². The fourth-order valence-corrected chi connectivity index (χ4v) is 19.5. The van der Waals surface area contributed by atoms with Gasteiger partial charge in [0.25, 0.3) is 0 Å². The molecule has 0 spiro atoms. The third-order valence-corrected chi connectivity index (χ3v) is 25.3. The molecule has 14 rings (SSSR count). The molecule has 4 bridgehead atoms. The van der Waals surface area contributed by atoms with Gasteiger partial charge in [-0.3, -0.25) is 48.2 Å². The minimum Gasteiger partial charge on any atom is -0.360 e. The predicted octanol–water partition coefficient (Wildman–Crippen LogP) is 15.6. The van der Waals surface area contributed by atoms with Gasteiger partial charge in [-0.25, -0.2) is 9.80 Å². The lowest BCUT2D eigenvalue weighted by Gasteiger charge is -2.40. The van der Waals surface area contributed by atoms with E-state index >= 15 is 9.59 Å². The Labute approximate surface area is 594 Å². The molecule has 6 fully saturated rings. The summed E-state index contributed by atoms with van der Waals surface area (Å²) in [5.74, 6) is -6.16. The fraction of sp³-hybridized carbons (Fsp3) is 0.448. The Balaban J connectivity index is 0.618. The first-order valence-electron chi connectivity index (χ1n) is 37.4. The van der Waals surface area contributed by atoms with E-state index in [4.69, 9.17) is 9.47 Å². The first-order valence-corrected chi connectivity index (χ1v) is 37.4. The number of amides is 8. The Kier molecular flexibility index (Phi) is 19.4. The SMILES string of the molecule is CCC(CCCCC(C)c1ccccc1)(CC(C)c1ccccc1)C1CC(=O)N(CC23C=CC(O2)C2C(=O)N(c4ccc(Cc5ccc(N6C(=O)C7C8C=CC(CN9C(=O)CC(C(CC)(CCCCC(C)c%10ccccc%10)CC(C)c%10ccccc%10)C9=O)(O8)C7C6=O)cc5)cc4)C(=O)C23)C1=O. The number of carbonyl (C=O) groups excluding carboxylic acids is 8. The molecule has 16 unspecified atom stereocenters. The van der Waals surface area contributed by atoms with E-state index in [9.17, 15) is 28.8 Å². The first-order chi connectivity index (χ1) is 48.8. The van der Waals surface area contributed by atoms with Crippen LogP contribution in [0, 0.1) is 46.3 Å². The third-order valence-electron chi connectivity index (χ3n) is 25.3. The molecule has 8 heterocycles. The Hall–Kier alpha value is -8.72. The normalized spacial score (nSPS) is 28.0. The zero-order chi connectivity index (χ0) is 70.5. The molecule has 8 aliphatic heterocycles. The van der Waals surface area contributed by atoms with Crippen molar-refractivity contribution in [3.05, 3.63) is 228 Å². The summed E-state index contributed by atoms with van der Waals surface area (Å²) < 4.78 is 13.2. The lowest BCUT2D eigenvalue weighted by Crippen LogP contribution is -2.51. The molecule has 6 aromatic carbocycles. The molecule has 14 nitrogen and oxygen atoms in total. The van der Waals surface area contributed by atoms with Crippen molar-refractivity contribution in [2.45, 2.75) is 185 Å². The van der Waals surface area contributed by atoms with Crippen LogP contribution in [0.1, 0.15) is 188 Å². The van der Waals surface area contributed by atoms with E-state index < -0.39 is 81.6 Å². The number of hydrogen-bond acceptors (Lipinski definition) is 10. The van der Waals surface area contributed by atoms with E-state index in [1.165, 1.54) is 41.9 Å². The van der Waals surface area contributed by atoms with Crippen LogP contribution in [0.3, 0.4) is 0 Å². The highest BCUT2D eigenvalue weighted by Gasteiger charge is 2.71. The Morgan fingerprint density at radius 1 is 0.416 bits per heavy atom. The van der Waals surface area contributed by atoms with Gasteiger partial charge in [-0.05, 0) is 150 Å². The molecule has 101 heavy (non-hydrogen) atoms. The average Bonchev–Trinajstić information content (AvgIpc) is 1.54.